The van der Waals surface area contributed by atoms with Gasteiger partial charge in [0.05, 0.1) is 12.3 Å². The van der Waals surface area contributed by atoms with E-state index < -0.39 is 0 Å². The molecule has 1 aliphatic rings. The third-order valence-electron chi connectivity index (χ3n) is 4.16. The third kappa shape index (κ3) is 3.45. The molecule has 1 N–H and O–H groups in total. The van der Waals surface area contributed by atoms with Crippen molar-refractivity contribution in [2.75, 3.05) is 25.1 Å². The van der Waals surface area contributed by atoms with Crippen LogP contribution < -0.4 is 9.64 Å². The Morgan fingerprint density at radius 3 is 2.83 bits per heavy atom. The number of para-hydroxylation sites is 1. The van der Waals surface area contributed by atoms with Crippen LogP contribution in [0.4, 0.5) is 5.82 Å². The molecule has 24 heavy (non-hydrogen) atoms. The van der Waals surface area contributed by atoms with Gasteiger partial charge < -0.3 is 9.64 Å². The van der Waals surface area contributed by atoms with Gasteiger partial charge in [-0.2, -0.15) is 0 Å². The number of likely N-dealkylation sites (N-methyl/N-ethyl adjacent to an activating group) is 1. The van der Waals surface area contributed by atoms with Gasteiger partial charge in [0, 0.05) is 18.3 Å². The molecule has 1 heterocycles. The van der Waals surface area contributed by atoms with Crippen LogP contribution in [0.3, 0.4) is 0 Å². The monoisotopic (exact) mass is 322 g/mol. The molecule has 5 nitrogen and oxygen atoms in total. The quantitative estimate of drug-likeness (QED) is 0.796. The summed E-state index contributed by atoms with van der Waals surface area (Å²) in [5.41, 5.74) is 2.54. The molecule has 3 rings (SSSR count). The topological polar surface area (TPSA) is 62.1 Å². The minimum absolute atomic E-state index is 0.264. The molecule has 0 aliphatic heterocycles. The zero-order chi connectivity index (χ0) is 16.9. The molecule has 2 aromatic rings. The van der Waals surface area contributed by atoms with E-state index in [2.05, 4.69) is 21.4 Å². The highest BCUT2D eigenvalue weighted by Crippen LogP contribution is 2.28. The van der Waals surface area contributed by atoms with Gasteiger partial charge in [-0.05, 0) is 37.5 Å². The van der Waals surface area contributed by atoms with Gasteiger partial charge in [-0.1, -0.05) is 24.8 Å². The smallest absolute Gasteiger partial charge is 0.179 e. The second kappa shape index (κ2) is 7.25. The van der Waals surface area contributed by atoms with Crippen LogP contribution in [0.1, 0.15) is 23.5 Å². The van der Waals surface area contributed by atoms with E-state index in [0.29, 0.717) is 12.4 Å². The second-order valence-electron chi connectivity index (χ2n) is 5.85. The Hall–Kier alpha value is -2.69. The molecule has 0 unspecified atom stereocenters. The van der Waals surface area contributed by atoms with Crippen molar-refractivity contribution in [3.05, 3.63) is 60.1 Å². The summed E-state index contributed by atoms with van der Waals surface area (Å²) in [6.07, 6.45) is 4.53. The lowest BCUT2D eigenvalue weighted by Gasteiger charge is -2.21. The fourth-order valence-corrected chi connectivity index (χ4v) is 2.86. The molecule has 0 amide bonds. The summed E-state index contributed by atoms with van der Waals surface area (Å²) in [6.45, 7) is 4.95. The SMILES string of the molecule is C=CC(=N)c1nc2c(c(N(C)CCOc3ccccc3)n1)CCC2. The largest absolute Gasteiger partial charge is 0.492 e. The first-order valence-corrected chi connectivity index (χ1v) is 8.19. The van der Waals surface area contributed by atoms with Crippen molar-refractivity contribution in [1.82, 2.24) is 9.97 Å². The minimum Gasteiger partial charge on any atom is -0.492 e. The lowest BCUT2D eigenvalue weighted by molar-refractivity contribution is 0.325. The van der Waals surface area contributed by atoms with E-state index in [0.717, 1.165) is 43.1 Å². The molecule has 0 fully saturated rings. The number of hydrogen-bond acceptors (Lipinski definition) is 5. The number of nitrogens with one attached hydrogen (secondary N) is 1. The molecular formula is C19H22N4O. The summed E-state index contributed by atoms with van der Waals surface area (Å²) >= 11 is 0. The first kappa shape index (κ1) is 16.2. The van der Waals surface area contributed by atoms with Crippen molar-refractivity contribution in [2.24, 2.45) is 0 Å². The van der Waals surface area contributed by atoms with E-state index in [1.165, 1.54) is 11.6 Å². The summed E-state index contributed by atoms with van der Waals surface area (Å²) in [5, 5.41) is 7.94. The van der Waals surface area contributed by atoms with Crippen LogP contribution in [0, 0.1) is 5.41 Å². The maximum Gasteiger partial charge on any atom is 0.179 e. The predicted molar refractivity (Wildman–Crippen MR) is 96.3 cm³/mol. The van der Waals surface area contributed by atoms with Crippen molar-refractivity contribution >= 4 is 11.5 Å². The first-order chi connectivity index (χ1) is 11.7. The Balaban J connectivity index is 1.74. The highest BCUT2D eigenvalue weighted by atomic mass is 16.5. The van der Waals surface area contributed by atoms with E-state index >= 15 is 0 Å². The third-order valence-corrected chi connectivity index (χ3v) is 4.16. The maximum absolute atomic E-state index is 7.94. The normalized spacial score (nSPS) is 12.5. The summed E-state index contributed by atoms with van der Waals surface area (Å²) in [5.74, 6) is 2.24. The van der Waals surface area contributed by atoms with Crippen LogP contribution in [-0.4, -0.2) is 35.9 Å². The maximum atomic E-state index is 7.94. The fourth-order valence-electron chi connectivity index (χ4n) is 2.86. The standard InChI is InChI=1S/C19H22N4O/c1-3-16(20)18-21-17-11-7-10-15(17)19(22-18)23(2)12-13-24-14-8-5-4-6-9-14/h3-6,8-9,20H,1,7,10-13H2,2H3. The fraction of sp³-hybridized carbons (Fsp3) is 0.316. The van der Waals surface area contributed by atoms with Crippen molar-refractivity contribution in [3.63, 3.8) is 0 Å². The Kier molecular flexibility index (Phi) is 4.89. The number of hydrogen-bond donors (Lipinski definition) is 1. The molecular weight excluding hydrogens is 300 g/mol. The molecule has 1 aromatic carbocycles. The molecule has 0 saturated heterocycles. The van der Waals surface area contributed by atoms with Gasteiger partial charge in [0.25, 0.3) is 0 Å². The number of rotatable bonds is 7. The highest BCUT2D eigenvalue weighted by Gasteiger charge is 2.22. The predicted octanol–water partition coefficient (Wildman–Crippen LogP) is 3.03. The van der Waals surface area contributed by atoms with Gasteiger partial charge in [0.1, 0.15) is 18.2 Å². The average molecular weight is 322 g/mol. The number of ether oxygens (including phenoxy) is 1. The minimum atomic E-state index is 0.264. The average Bonchev–Trinajstić information content (AvgIpc) is 3.09. The number of allylic oxidation sites excluding steroid dienone is 1. The first-order valence-electron chi connectivity index (χ1n) is 8.19. The molecule has 1 aromatic heterocycles. The Morgan fingerprint density at radius 1 is 1.29 bits per heavy atom. The number of aromatic nitrogens is 2. The lowest BCUT2D eigenvalue weighted by Crippen LogP contribution is -2.27. The van der Waals surface area contributed by atoms with Crippen molar-refractivity contribution < 1.29 is 4.74 Å². The number of benzene rings is 1. The summed E-state index contributed by atoms with van der Waals surface area (Å²) < 4.78 is 5.77. The molecule has 5 heteroatoms. The van der Waals surface area contributed by atoms with Crippen LogP contribution in [0.5, 0.6) is 5.75 Å². The number of aryl methyl sites for hydroxylation is 1. The molecule has 0 spiro atoms. The summed E-state index contributed by atoms with van der Waals surface area (Å²) in [4.78, 5) is 11.2. The van der Waals surface area contributed by atoms with Gasteiger partial charge in [-0.3, -0.25) is 5.41 Å². The van der Waals surface area contributed by atoms with Gasteiger partial charge in [0.2, 0.25) is 0 Å². The summed E-state index contributed by atoms with van der Waals surface area (Å²) in [7, 11) is 2.01. The van der Waals surface area contributed by atoms with Crippen LogP contribution in [-0.2, 0) is 12.8 Å². The number of nitrogens with zero attached hydrogens (tertiary/aromatic N) is 3. The van der Waals surface area contributed by atoms with Crippen LogP contribution in [0.2, 0.25) is 0 Å². The molecule has 0 radical (unpaired) electrons. The van der Waals surface area contributed by atoms with Crippen molar-refractivity contribution in [3.8, 4) is 5.75 Å². The Morgan fingerprint density at radius 2 is 2.08 bits per heavy atom. The Labute approximate surface area is 142 Å². The van der Waals surface area contributed by atoms with Gasteiger partial charge in [0.15, 0.2) is 5.82 Å². The van der Waals surface area contributed by atoms with E-state index in [9.17, 15) is 0 Å². The van der Waals surface area contributed by atoms with Gasteiger partial charge in [-0.15, -0.1) is 0 Å². The van der Waals surface area contributed by atoms with Crippen LogP contribution in [0.25, 0.3) is 0 Å². The zero-order valence-electron chi connectivity index (χ0n) is 14.0. The van der Waals surface area contributed by atoms with Crippen molar-refractivity contribution in [2.45, 2.75) is 19.3 Å². The zero-order valence-corrected chi connectivity index (χ0v) is 14.0. The van der Waals surface area contributed by atoms with Gasteiger partial charge in [-0.25, -0.2) is 9.97 Å². The number of anilines is 1. The lowest BCUT2D eigenvalue weighted by atomic mass is 10.2. The molecule has 1 aliphatic carbocycles. The van der Waals surface area contributed by atoms with E-state index in [-0.39, 0.29) is 5.71 Å². The van der Waals surface area contributed by atoms with Crippen LogP contribution in [0.15, 0.2) is 43.0 Å². The highest BCUT2D eigenvalue weighted by molar-refractivity contribution is 6.03. The summed E-state index contributed by atoms with van der Waals surface area (Å²) in [6, 6.07) is 9.80. The van der Waals surface area contributed by atoms with Crippen molar-refractivity contribution in [1.29, 1.82) is 5.41 Å². The van der Waals surface area contributed by atoms with E-state index in [1.54, 1.807) is 0 Å². The molecule has 0 saturated carbocycles. The molecule has 124 valence electrons. The molecule has 0 atom stereocenters. The second-order valence-corrected chi connectivity index (χ2v) is 5.85. The number of fused-ring (bicyclic) bond motifs is 1. The molecule has 0 bridgehead atoms. The Bertz CT molecular complexity index is 743. The van der Waals surface area contributed by atoms with Gasteiger partial charge >= 0.3 is 0 Å². The van der Waals surface area contributed by atoms with E-state index in [4.69, 9.17) is 10.1 Å². The van der Waals surface area contributed by atoms with Crippen LogP contribution >= 0.6 is 0 Å². The van der Waals surface area contributed by atoms with E-state index in [1.807, 2.05) is 37.4 Å².